The summed E-state index contributed by atoms with van der Waals surface area (Å²) in [6.45, 7) is 15.3. The average Bonchev–Trinajstić information content (AvgIpc) is 3.43. The van der Waals surface area contributed by atoms with E-state index in [9.17, 15) is 4.79 Å². The number of nitrogens with zero attached hydrogens (tertiary/aromatic N) is 7. The molecule has 0 bridgehead atoms. The first-order valence-corrected chi connectivity index (χ1v) is 15.4. The van der Waals surface area contributed by atoms with E-state index in [4.69, 9.17) is 32.9 Å². The van der Waals surface area contributed by atoms with Crippen molar-refractivity contribution in [3.63, 3.8) is 0 Å². The van der Waals surface area contributed by atoms with E-state index in [-0.39, 0.29) is 24.5 Å². The zero-order valence-electron chi connectivity index (χ0n) is 24.9. The van der Waals surface area contributed by atoms with Crippen molar-refractivity contribution in [1.29, 1.82) is 0 Å². The summed E-state index contributed by atoms with van der Waals surface area (Å²) in [6.07, 6.45) is 4.28. The predicted octanol–water partition coefficient (Wildman–Crippen LogP) is 4.61. The molecular formula is C33H38ClN7O2. The van der Waals surface area contributed by atoms with E-state index in [2.05, 4.69) is 64.5 Å². The van der Waals surface area contributed by atoms with E-state index in [1.54, 1.807) is 4.90 Å². The van der Waals surface area contributed by atoms with Crippen molar-refractivity contribution in [2.75, 3.05) is 58.3 Å². The number of hydrogen-bond donors (Lipinski definition) is 0. The van der Waals surface area contributed by atoms with Crippen LogP contribution in [0.1, 0.15) is 35.7 Å². The third kappa shape index (κ3) is 5.79. The Labute approximate surface area is 258 Å². The molecule has 1 aromatic heterocycles. The highest BCUT2D eigenvalue weighted by atomic mass is 35.5. The average molecular weight is 600 g/mol. The number of aromatic nitrogens is 2. The number of anilines is 1. The van der Waals surface area contributed by atoms with Crippen LogP contribution in [0.2, 0.25) is 5.02 Å². The number of amides is 1. The zero-order valence-corrected chi connectivity index (χ0v) is 25.6. The standard InChI is InChI=1S/C33H38ClN7O2/c1-5-30(42)41-16-15-40(19-24(41)18-35-2)32-26-20-39(4)29(25-12-6-9-22-10-7-13-27(34)31(22)25)17-28(26)36-33(37-32)43-21-23-11-8-14-38(23)3/h5-7,9-10,12-13,23-24,29H,1,8,11,14-21H2,3-4H3/t23-,24-,29?/m0/s1. The van der Waals surface area contributed by atoms with E-state index >= 15 is 0 Å². The van der Waals surface area contributed by atoms with Crippen molar-refractivity contribution in [1.82, 2.24) is 24.7 Å². The molecule has 2 fully saturated rings. The van der Waals surface area contributed by atoms with Crippen LogP contribution < -0.4 is 9.64 Å². The maximum Gasteiger partial charge on any atom is 0.318 e. The van der Waals surface area contributed by atoms with Gasteiger partial charge in [0.1, 0.15) is 18.5 Å². The van der Waals surface area contributed by atoms with E-state index in [0.717, 1.165) is 45.8 Å². The first-order chi connectivity index (χ1) is 20.9. The topological polar surface area (TPSA) is 69.4 Å². The molecule has 43 heavy (non-hydrogen) atoms. The molecule has 1 unspecified atom stereocenters. The Kier molecular flexibility index (Phi) is 8.53. The van der Waals surface area contributed by atoms with Crippen LogP contribution in [0.15, 0.2) is 49.1 Å². The summed E-state index contributed by atoms with van der Waals surface area (Å²) in [7, 11) is 4.27. The van der Waals surface area contributed by atoms with Gasteiger partial charge < -0.3 is 24.3 Å². The molecule has 6 rings (SSSR count). The Morgan fingerprint density at radius 2 is 1.95 bits per heavy atom. The minimum absolute atomic E-state index is 0.0737. The molecule has 2 saturated heterocycles. The fourth-order valence-electron chi connectivity index (χ4n) is 6.88. The molecule has 9 nitrogen and oxygen atoms in total. The van der Waals surface area contributed by atoms with Gasteiger partial charge in [-0.25, -0.2) is 6.57 Å². The van der Waals surface area contributed by atoms with Gasteiger partial charge in [0.2, 0.25) is 12.5 Å². The van der Waals surface area contributed by atoms with Gasteiger partial charge in [0.15, 0.2) is 0 Å². The lowest BCUT2D eigenvalue weighted by Crippen LogP contribution is -2.56. The van der Waals surface area contributed by atoms with Crippen molar-refractivity contribution in [2.24, 2.45) is 0 Å². The van der Waals surface area contributed by atoms with Crippen LogP contribution in [-0.4, -0.2) is 96.1 Å². The van der Waals surface area contributed by atoms with Crippen molar-refractivity contribution >= 4 is 34.1 Å². The van der Waals surface area contributed by atoms with Crippen molar-refractivity contribution in [2.45, 2.75) is 43.9 Å². The number of piperazine rings is 1. The molecule has 0 saturated carbocycles. The summed E-state index contributed by atoms with van der Waals surface area (Å²) in [4.78, 5) is 34.9. The fourth-order valence-corrected chi connectivity index (χ4v) is 7.17. The molecule has 0 aliphatic carbocycles. The monoisotopic (exact) mass is 599 g/mol. The van der Waals surface area contributed by atoms with E-state index < -0.39 is 0 Å². The summed E-state index contributed by atoms with van der Waals surface area (Å²) in [5.74, 6) is 0.695. The molecule has 0 radical (unpaired) electrons. The molecule has 2 aromatic carbocycles. The largest absolute Gasteiger partial charge is 0.462 e. The molecule has 3 aromatic rings. The van der Waals surface area contributed by atoms with Crippen LogP contribution in [-0.2, 0) is 17.8 Å². The van der Waals surface area contributed by atoms with Crippen molar-refractivity contribution in [3.05, 3.63) is 82.3 Å². The second kappa shape index (κ2) is 12.5. The van der Waals surface area contributed by atoms with Gasteiger partial charge in [-0.3, -0.25) is 9.69 Å². The number of hydrogen-bond acceptors (Lipinski definition) is 7. The molecule has 3 atom stereocenters. The summed E-state index contributed by atoms with van der Waals surface area (Å²) in [5.41, 5.74) is 3.22. The molecule has 0 N–H and O–H groups in total. The van der Waals surface area contributed by atoms with Crippen LogP contribution in [0.5, 0.6) is 6.01 Å². The lowest BCUT2D eigenvalue weighted by molar-refractivity contribution is -0.128. The lowest BCUT2D eigenvalue weighted by atomic mass is 9.90. The Morgan fingerprint density at radius 1 is 1.14 bits per heavy atom. The van der Waals surface area contributed by atoms with Gasteiger partial charge in [0.25, 0.3) is 0 Å². The number of rotatable bonds is 7. The summed E-state index contributed by atoms with van der Waals surface area (Å²) < 4.78 is 6.31. The Hall–Kier alpha value is -3.71. The fraction of sp³-hybridized carbons (Fsp3) is 0.455. The second-order valence-electron chi connectivity index (χ2n) is 11.8. The minimum atomic E-state index is -0.245. The SMILES string of the molecule is [C-]#[N+]C[C@H]1CN(c2nc(OC[C@@H]3CCCN3C)nc3c2CN(C)C(c2cccc4cccc(Cl)c24)C3)CCN1C(=O)C=C. The van der Waals surface area contributed by atoms with E-state index in [0.29, 0.717) is 51.3 Å². The number of likely N-dealkylation sites (tertiary alicyclic amines) is 1. The zero-order chi connectivity index (χ0) is 30.1. The van der Waals surface area contributed by atoms with Gasteiger partial charge in [0, 0.05) is 60.7 Å². The number of carbonyl (C=O) groups is 1. The smallest absolute Gasteiger partial charge is 0.318 e. The Bertz CT molecular complexity index is 1570. The van der Waals surface area contributed by atoms with Crippen LogP contribution in [0, 0.1) is 6.57 Å². The molecule has 3 aliphatic heterocycles. The highest BCUT2D eigenvalue weighted by Crippen LogP contribution is 2.40. The molecule has 0 spiro atoms. The summed E-state index contributed by atoms with van der Waals surface area (Å²) in [5, 5.41) is 2.94. The maximum absolute atomic E-state index is 12.6. The number of carbonyl (C=O) groups excluding carboxylic acids is 1. The van der Waals surface area contributed by atoms with Gasteiger partial charge in [-0.1, -0.05) is 48.5 Å². The Balaban J connectivity index is 1.37. The summed E-state index contributed by atoms with van der Waals surface area (Å²) in [6, 6.07) is 13.0. The van der Waals surface area contributed by atoms with Crippen LogP contribution in [0.3, 0.4) is 0 Å². The van der Waals surface area contributed by atoms with Gasteiger partial charge >= 0.3 is 6.01 Å². The third-order valence-electron chi connectivity index (χ3n) is 9.24. The van der Waals surface area contributed by atoms with Crippen molar-refractivity contribution in [3.8, 4) is 6.01 Å². The first kappa shape index (κ1) is 29.4. The van der Waals surface area contributed by atoms with Crippen molar-refractivity contribution < 1.29 is 9.53 Å². The quantitative estimate of drug-likeness (QED) is 0.290. The van der Waals surface area contributed by atoms with Gasteiger partial charge in [-0.05, 0) is 56.6 Å². The maximum atomic E-state index is 12.6. The van der Waals surface area contributed by atoms with E-state index in [1.165, 1.54) is 18.1 Å². The second-order valence-corrected chi connectivity index (χ2v) is 12.2. The van der Waals surface area contributed by atoms with Crippen LogP contribution in [0.25, 0.3) is 15.6 Å². The molecule has 224 valence electrons. The molecule has 10 heteroatoms. The molecular weight excluding hydrogens is 562 g/mol. The predicted molar refractivity (Wildman–Crippen MR) is 169 cm³/mol. The van der Waals surface area contributed by atoms with E-state index in [1.807, 2.05) is 12.1 Å². The molecule has 1 amide bonds. The summed E-state index contributed by atoms with van der Waals surface area (Å²) >= 11 is 6.75. The number of benzene rings is 2. The molecule has 3 aliphatic rings. The van der Waals surface area contributed by atoms with Gasteiger partial charge in [-0.2, -0.15) is 9.97 Å². The number of ether oxygens (including phenoxy) is 1. The first-order valence-electron chi connectivity index (χ1n) is 15.0. The van der Waals surface area contributed by atoms with Crippen LogP contribution in [0.4, 0.5) is 5.82 Å². The third-order valence-corrected chi connectivity index (χ3v) is 9.56. The lowest BCUT2D eigenvalue weighted by Gasteiger charge is -2.41. The number of likely N-dealkylation sites (N-methyl/N-ethyl adjacent to an activating group) is 2. The minimum Gasteiger partial charge on any atom is -0.462 e. The number of halogens is 1. The van der Waals surface area contributed by atoms with Gasteiger partial charge in [0.05, 0.1) is 5.69 Å². The Morgan fingerprint density at radius 3 is 2.70 bits per heavy atom. The highest BCUT2D eigenvalue weighted by Gasteiger charge is 2.36. The van der Waals surface area contributed by atoms with Gasteiger partial charge in [-0.15, -0.1) is 0 Å². The number of fused-ring (bicyclic) bond motifs is 2. The van der Waals surface area contributed by atoms with Crippen LogP contribution >= 0.6 is 11.6 Å². The normalized spacial score (nSPS) is 22.8. The highest BCUT2D eigenvalue weighted by molar-refractivity contribution is 6.35. The molecule has 4 heterocycles.